The number of ether oxygens (including phenoxy) is 2. The molecule has 0 spiro atoms. The molecule has 5 nitrogen and oxygen atoms in total. The van der Waals surface area contributed by atoms with Crippen LogP contribution in [-0.2, 0) is 9.47 Å². The summed E-state index contributed by atoms with van der Waals surface area (Å²) in [5.74, 6) is -0.945. The quantitative estimate of drug-likeness (QED) is 0.399. The Bertz CT molecular complexity index is 578. The summed E-state index contributed by atoms with van der Waals surface area (Å²) in [6.45, 7) is 8.09. The van der Waals surface area contributed by atoms with E-state index in [-0.39, 0.29) is 12.0 Å². The molecule has 0 bridgehead atoms. The summed E-state index contributed by atoms with van der Waals surface area (Å²) in [4.78, 5) is 4.53. The Hall–Kier alpha value is -1.73. The molecule has 2 unspecified atom stereocenters. The van der Waals surface area contributed by atoms with Crippen LogP contribution in [0.25, 0.3) is 0 Å². The molecule has 0 amide bonds. The molecule has 1 aromatic rings. The van der Waals surface area contributed by atoms with Crippen molar-refractivity contribution in [1.29, 1.82) is 0 Å². The number of benzene rings is 1. The van der Waals surface area contributed by atoms with Crippen molar-refractivity contribution in [2.75, 3.05) is 39.5 Å². The number of nitrogens with one attached hydrogen (secondary N) is 2. The van der Waals surface area contributed by atoms with E-state index in [4.69, 9.17) is 9.47 Å². The van der Waals surface area contributed by atoms with E-state index in [1.54, 1.807) is 6.07 Å². The maximum absolute atomic E-state index is 13.4. The van der Waals surface area contributed by atoms with Crippen LogP contribution in [0.1, 0.15) is 38.2 Å². The van der Waals surface area contributed by atoms with E-state index in [2.05, 4.69) is 15.6 Å². The van der Waals surface area contributed by atoms with Crippen molar-refractivity contribution >= 4 is 5.96 Å². The lowest BCUT2D eigenvalue weighted by Gasteiger charge is -2.14. The van der Waals surface area contributed by atoms with Gasteiger partial charge in [-0.3, -0.25) is 4.99 Å². The van der Waals surface area contributed by atoms with E-state index in [0.717, 1.165) is 44.2 Å². The maximum Gasteiger partial charge on any atom is 0.191 e. The first-order valence-electron chi connectivity index (χ1n) is 9.26. The molecule has 1 aliphatic rings. The molecule has 1 aromatic carbocycles. The molecular formula is C19H29F2N3O2. The highest BCUT2D eigenvalue weighted by atomic mass is 19.2. The number of hydrogen-bond acceptors (Lipinski definition) is 3. The lowest BCUT2D eigenvalue weighted by Crippen LogP contribution is -2.38. The molecule has 2 rings (SSSR count). The first-order valence-corrected chi connectivity index (χ1v) is 9.26. The van der Waals surface area contributed by atoms with Gasteiger partial charge in [-0.1, -0.05) is 13.0 Å². The summed E-state index contributed by atoms with van der Waals surface area (Å²) in [6, 6.07) is 3.99. The number of guanidine groups is 1. The Kier molecular flexibility index (Phi) is 8.77. The minimum Gasteiger partial charge on any atom is -0.379 e. The molecule has 7 heteroatoms. The second-order valence-electron chi connectivity index (χ2n) is 6.43. The zero-order valence-corrected chi connectivity index (χ0v) is 15.6. The summed E-state index contributed by atoms with van der Waals surface area (Å²) >= 11 is 0. The third-order valence-corrected chi connectivity index (χ3v) is 4.24. The fourth-order valence-electron chi connectivity index (χ4n) is 2.67. The third-order valence-electron chi connectivity index (χ3n) is 4.24. The topological polar surface area (TPSA) is 54.9 Å². The summed E-state index contributed by atoms with van der Waals surface area (Å²) in [5, 5.41) is 6.45. The van der Waals surface area contributed by atoms with Crippen LogP contribution in [0.15, 0.2) is 23.2 Å². The average molecular weight is 369 g/mol. The van der Waals surface area contributed by atoms with Gasteiger partial charge in [0.1, 0.15) is 0 Å². The Morgan fingerprint density at radius 2 is 2.19 bits per heavy atom. The van der Waals surface area contributed by atoms with E-state index >= 15 is 0 Å². The molecule has 1 heterocycles. The van der Waals surface area contributed by atoms with E-state index in [1.807, 2.05) is 13.8 Å². The molecule has 2 N–H and O–H groups in total. The smallest absolute Gasteiger partial charge is 0.191 e. The zero-order chi connectivity index (χ0) is 18.8. The van der Waals surface area contributed by atoms with E-state index < -0.39 is 11.6 Å². The van der Waals surface area contributed by atoms with E-state index in [1.165, 1.54) is 6.07 Å². The predicted molar refractivity (Wildman–Crippen MR) is 98.5 cm³/mol. The number of aliphatic imine (C=N–C) groups is 1. The number of halogens is 2. The normalized spacial score (nSPS) is 18.8. The van der Waals surface area contributed by atoms with Crippen LogP contribution in [0.5, 0.6) is 0 Å². The summed E-state index contributed by atoms with van der Waals surface area (Å²) in [7, 11) is 0. The molecule has 0 radical (unpaired) electrons. The van der Waals surface area contributed by atoms with Crippen molar-refractivity contribution in [3.05, 3.63) is 35.4 Å². The summed E-state index contributed by atoms with van der Waals surface area (Å²) in [5.41, 5.74) is 0.732. The second kappa shape index (κ2) is 11.1. The van der Waals surface area contributed by atoms with Gasteiger partial charge in [-0.05, 0) is 37.5 Å². The highest BCUT2D eigenvalue weighted by molar-refractivity contribution is 5.79. The van der Waals surface area contributed by atoms with Crippen LogP contribution in [0.4, 0.5) is 8.78 Å². The molecule has 1 fully saturated rings. The SMILES string of the molecule is CCNC(=NCC(C)c1ccc(F)c(F)c1)NCCCOC1CCOC1. The summed E-state index contributed by atoms with van der Waals surface area (Å²) < 4.78 is 37.4. The van der Waals surface area contributed by atoms with Crippen molar-refractivity contribution in [2.24, 2.45) is 4.99 Å². The Balaban J connectivity index is 1.74. The van der Waals surface area contributed by atoms with Gasteiger partial charge in [0.15, 0.2) is 17.6 Å². The van der Waals surface area contributed by atoms with Gasteiger partial charge < -0.3 is 20.1 Å². The van der Waals surface area contributed by atoms with Gasteiger partial charge in [0.2, 0.25) is 0 Å². The van der Waals surface area contributed by atoms with Crippen molar-refractivity contribution in [2.45, 2.75) is 38.7 Å². The van der Waals surface area contributed by atoms with Gasteiger partial charge in [0.05, 0.1) is 12.7 Å². The van der Waals surface area contributed by atoms with Crippen LogP contribution in [0.3, 0.4) is 0 Å². The number of rotatable bonds is 9. The zero-order valence-electron chi connectivity index (χ0n) is 15.6. The molecule has 146 valence electrons. The molecule has 0 saturated carbocycles. The molecule has 2 atom stereocenters. The van der Waals surface area contributed by atoms with Crippen molar-refractivity contribution in [1.82, 2.24) is 10.6 Å². The predicted octanol–water partition coefficient (Wildman–Crippen LogP) is 2.82. The minimum absolute atomic E-state index is 0.00810. The van der Waals surface area contributed by atoms with Crippen molar-refractivity contribution < 1.29 is 18.3 Å². The van der Waals surface area contributed by atoms with Gasteiger partial charge >= 0.3 is 0 Å². The maximum atomic E-state index is 13.4. The van der Waals surface area contributed by atoms with E-state index in [9.17, 15) is 8.78 Å². The van der Waals surface area contributed by atoms with E-state index in [0.29, 0.717) is 25.7 Å². The fraction of sp³-hybridized carbons (Fsp3) is 0.632. The standard InChI is InChI=1S/C19H29F2N3O2/c1-3-22-19(23-8-4-9-26-16-7-10-25-13-16)24-12-14(2)15-5-6-17(20)18(21)11-15/h5-6,11,14,16H,3-4,7-10,12-13H2,1-2H3,(H2,22,23,24). The van der Waals surface area contributed by atoms with Gasteiger partial charge in [0.25, 0.3) is 0 Å². The average Bonchev–Trinajstić information content (AvgIpc) is 3.14. The highest BCUT2D eigenvalue weighted by Crippen LogP contribution is 2.18. The number of nitrogens with zero attached hydrogens (tertiary/aromatic N) is 1. The Morgan fingerprint density at radius 3 is 2.88 bits per heavy atom. The van der Waals surface area contributed by atoms with Crippen LogP contribution < -0.4 is 10.6 Å². The minimum atomic E-state index is -0.828. The number of hydrogen-bond donors (Lipinski definition) is 2. The summed E-state index contributed by atoms with van der Waals surface area (Å²) in [6.07, 6.45) is 2.08. The van der Waals surface area contributed by atoms with Crippen LogP contribution in [0.2, 0.25) is 0 Å². The van der Waals surface area contributed by atoms with Crippen LogP contribution in [-0.4, -0.2) is 51.5 Å². The highest BCUT2D eigenvalue weighted by Gasteiger charge is 2.15. The largest absolute Gasteiger partial charge is 0.379 e. The molecule has 0 aliphatic carbocycles. The van der Waals surface area contributed by atoms with Gasteiger partial charge in [-0.15, -0.1) is 0 Å². The molecule has 1 saturated heterocycles. The molecule has 1 aliphatic heterocycles. The van der Waals surface area contributed by atoms with Gasteiger partial charge in [-0.25, -0.2) is 8.78 Å². The van der Waals surface area contributed by atoms with Crippen molar-refractivity contribution in [3.8, 4) is 0 Å². The Labute approximate surface area is 154 Å². The van der Waals surface area contributed by atoms with Crippen LogP contribution in [0, 0.1) is 11.6 Å². The van der Waals surface area contributed by atoms with Crippen molar-refractivity contribution in [3.63, 3.8) is 0 Å². The first-order chi connectivity index (χ1) is 12.6. The lowest BCUT2D eigenvalue weighted by molar-refractivity contribution is 0.0420. The second-order valence-corrected chi connectivity index (χ2v) is 6.43. The third kappa shape index (κ3) is 6.88. The monoisotopic (exact) mass is 369 g/mol. The molecule has 26 heavy (non-hydrogen) atoms. The lowest BCUT2D eigenvalue weighted by atomic mass is 10.0. The molecular weight excluding hydrogens is 340 g/mol. The first kappa shape index (κ1) is 20.6. The van der Waals surface area contributed by atoms with Gasteiger partial charge in [-0.2, -0.15) is 0 Å². The molecule has 0 aromatic heterocycles. The Morgan fingerprint density at radius 1 is 1.35 bits per heavy atom. The fourth-order valence-corrected chi connectivity index (χ4v) is 2.67. The van der Waals surface area contributed by atoms with Gasteiger partial charge in [0, 0.05) is 38.8 Å². The van der Waals surface area contributed by atoms with Crippen LogP contribution >= 0.6 is 0 Å².